The maximum Gasteiger partial charge on any atom is -0.0467 e. The van der Waals surface area contributed by atoms with Crippen LogP contribution in [0.5, 0.6) is 0 Å². The molecule has 0 N–H and O–H groups in total. The van der Waals surface area contributed by atoms with Crippen LogP contribution in [0.2, 0.25) is 0 Å². The first kappa shape index (κ1) is 17.7. The Labute approximate surface area is 123 Å². The third kappa shape index (κ3) is 15.7. The third-order valence-corrected chi connectivity index (χ3v) is 2.05. The minimum Gasteiger partial charge on any atom is -0.0877 e. The Hall–Kier alpha value is -2.34. The Morgan fingerprint density at radius 2 is 0.400 bits per heavy atom. The molecule has 0 aliphatic heterocycles. The second-order valence-electron chi connectivity index (χ2n) is 3.75. The van der Waals surface area contributed by atoms with Crippen molar-refractivity contribution in [3.63, 3.8) is 0 Å². The van der Waals surface area contributed by atoms with Crippen molar-refractivity contribution in [3.05, 3.63) is 109 Å². The molecule has 0 heteroatoms. The molecule has 0 saturated carbocycles. The molecule has 0 amide bonds. The zero-order valence-corrected chi connectivity index (χ0v) is 12.4. The van der Waals surface area contributed by atoms with Crippen LogP contribution >= 0.6 is 0 Å². The van der Waals surface area contributed by atoms with E-state index in [1.165, 1.54) is 0 Å². The van der Waals surface area contributed by atoms with E-state index in [-0.39, 0.29) is 0 Å². The van der Waals surface area contributed by atoms with Crippen molar-refractivity contribution >= 4 is 0 Å². The summed E-state index contributed by atoms with van der Waals surface area (Å²) in [4.78, 5) is 0. The normalized spacial score (nSPS) is 14.7. The van der Waals surface area contributed by atoms with Gasteiger partial charge in [-0.1, -0.05) is 109 Å². The first-order valence-electron chi connectivity index (χ1n) is 6.82. The lowest BCUT2D eigenvalue weighted by molar-refractivity contribution is 1.73. The number of hydrogen-bond donors (Lipinski definition) is 0. The lowest BCUT2D eigenvalue weighted by atomic mass is 10.3. The van der Waals surface area contributed by atoms with E-state index in [9.17, 15) is 0 Å². The highest BCUT2D eigenvalue weighted by Crippen LogP contribution is 1.86. The van der Waals surface area contributed by atoms with E-state index in [1.807, 2.05) is 123 Å². The highest BCUT2D eigenvalue weighted by Gasteiger charge is 1.64. The summed E-state index contributed by atoms with van der Waals surface area (Å²) < 4.78 is 0. The Morgan fingerprint density at radius 3 is 0.550 bits per heavy atom. The third-order valence-electron chi connectivity index (χ3n) is 2.05. The van der Waals surface area contributed by atoms with E-state index in [1.54, 1.807) is 0 Å². The standard InChI is InChI=1S/C20H24/c1-3-5-7-9-11-13-15-17-19-20-18-16-14-12-10-8-6-4-2/h3-20H,1-2H3/b5-3+,6-4+,9-7+,10-8+,13-11+,14-12+,17-15+,18-16+,20-19+. The van der Waals surface area contributed by atoms with Crippen LogP contribution in [0.15, 0.2) is 109 Å². The molecule has 20 heavy (non-hydrogen) atoms. The lowest BCUT2D eigenvalue weighted by Crippen LogP contribution is -1.53. The van der Waals surface area contributed by atoms with Crippen LogP contribution in [0.3, 0.4) is 0 Å². The van der Waals surface area contributed by atoms with Gasteiger partial charge in [-0.2, -0.15) is 0 Å². The molecule has 104 valence electrons. The fraction of sp³-hybridized carbons (Fsp3) is 0.100. The van der Waals surface area contributed by atoms with Gasteiger partial charge in [-0.3, -0.25) is 0 Å². The average Bonchev–Trinajstić information content (AvgIpc) is 2.47. The smallest absolute Gasteiger partial charge is 0.0467 e. The van der Waals surface area contributed by atoms with Crippen molar-refractivity contribution < 1.29 is 0 Å². The second kappa shape index (κ2) is 16.7. The lowest BCUT2D eigenvalue weighted by Gasteiger charge is -1.75. The van der Waals surface area contributed by atoms with E-state index < -0.39 is 0 Å². The fourth-order valence-corrected chi connectivity index (χ4v) is 1.12. The summed E-state index contributed by atoms with van der Waals surface area (Å²) in [5.74, 6) is 0. The van der Waals surface area contributed by atoms with Crippen LogP contribution in [0.25, 0.3) is 0 Å². The number of hydrogen-bond acceptors (Lipinski definition) is 0. The van der Waals surface area contributed by atoms with Gasteiger partial charge >= 0.3 is 0 Å². The zero-order chi connectivity index (χ0) is 14.7. The summed E-state index contributed by atoms with van der Waals surface area (Å²) in [5, 5.41) is 0. The van der Waals surface area contributed by atoms with Gasteiger partial charge in [-0.25, -0.2) is 0 Å². The van der Waals surface area contributed by atoms with Crippen molar-refractivity contribution in [1.82, 2.24) is 0 Å². The van der Waals surface area contributed by atoms with Crippen molar-refractivity contribution in [1.29, 1.82) is 0 Å². The molecular formula is C20H24. The monoisotopic (exact) mass is 264 g/mol. The molecule has 0 aliphatic carbocycles. The van der Waals surface area contributed by atoms with Crippen LogP contribution in [0.4, 0.5) is 0 Å². The van der Waals surface area contributed by atoms with E-state index in [0.29, 0.717) is 0 Å². The summed E-state index contributed by atoms with van der Waals surface area (Å²) in [6, 6.07) is 0. The van der Waals surface area contributed by atoms with Crippen LogP contribution in [-0.4, -0.2) is 0 Å². The molecule has 0 rings (SSSR count). The average molecular weight is 264 g/mol. The quantitative estimate of drug-likeness (QED) is 0.469. The summed E-state index contributed by atoms with van der Waals surface area (Å²) in [6.45, 7) is 4.00. The van der Waals surface area contributed by atoms with Gasteiger partial charge in [-0.15, -0.1) is 0 Å². The molecule has 0 spiro atoms. The second-order valence-corrected chi connectivity index (χ2v) is 3.75. The van der Waals surface area contributed by atoms with Gasteiger partial charge in [0.05, 0.1) is 0 Å². The summed E-state index contributed by atoms with van der Waals surface area (Å²) in [5.41, 5.74) is 0. The fourth-order valence-electron chi connectivity index (χ4n) is 1.12. The molecule has 0 aliphatic rings. The van der Waals surface area contributed by atoms with Crippen molar-refractivity contribution in [3.8, 4) is 0 Å². The van der Waals surface area contributed by atoms with Gasteiger partial charge in [0.15, 0.2) is 0 Å². The Morgan fingerprint density at radius 1 is 0.250 bits per heavy atom. The molecule has 0 bridgehead atoms. The van der Waals surface area contributed by atoms with Crippen molar-refractivity contribution in [2.45, 2.75) is 13.8 Å². The van der Waals surface area contributed by atoms with Gasteiger partial charge < -0.3 is 0 Å². The van der Waals surface area contributed by atoms with E-state index in [4.69, 9.17) is 0 Å². The minimum atomic E-state index is 2.00. The van der Waals surface area contributed by atoms with E-state index >= 15 is 0 Å². The molecule has 0 heterocycles. The molecule has 0 aromatic heterocycles. The maximum absolute atomic E-state index is 2.00. The first-order chi connectivity index (χ1) is 9.91. The first-order valence-corrected chi connectivity index (χ1v) is 6.82. The van der Waals surface area contributed by atoms with Crippen molar-refractivity contribution in [2.24, 2.45) is 0 Å². The minimum absolute atomic E-state index is 2.00. The molecule has 0 fully saturated rings. The van der Waals surface area contributed by atoms with Crippen LogP contribution in [-0.2, 0) is 0 Å². The number of rotatable bonds is 8. The van der Waals surface area contributed by atoms with Crippen LogP contribution < -0.4 is 0 Å². The van der Waals surface area contributed by atoms with Crippen molar-refractivity contribution in [2.75, 3.05) is 0 Å². The molecule has 0 aromatic rings. The Balaban J connectivity index is 3.85. The molecule has 0 unspecified atom stereocenters. The highest BCUT2D eigenvalue weighted by atomic mass is 13.7. The summed E-state index contributed by atoms with van der Waals surface area (Å²) >= 11 is 0. The largest absolute Gasteiger partial charge is 0.0877 e. The zero-order valence-electron chi connectivity index (χ0n) is 12.4. The van der Waals surface area contributed by atoms with Gasteiger partial charge in [-0.05, 0) is 13.8 Å². The summed E-state index contributed by atoms with van der Waals surface area (Å²) in [7, 11) is 0. The SMILES string of the molecule is C/C=C/C=C/C=C/C=C/C=C/C=C/C=C/C=C/C=C/C. The van der Waals surface area contributed by atoms with Gasteiger partial charge in [0.25, 0.3) is 0 Å². The van der Waals surface area contributed by atoms with E-state index in [2.05, 4.69) is 0 Å². The van der Waals surface area contributed by atoms with Crippen LogP contribution in [0, 0.1) is 0 Å². The van der Waals surface area contributed by atoms with E-state index in [0.717, 1.165) is 0 Å². The van der Waals surface area contributed by atoms with Crippen LogP contribution in [0.1, 0.15) is 13.8 Å². The maximum atomic E-state index is 2.00. The highest BCUT2D eigenvalue weighted by molar-refractivity contribution is 5.21. The molecule has 0 saturated heterocycles. The molecule has 0 radical (unpaired) electrons. The van der Waals surface area contributed by atoms with Gasteiger partial charge in [0.2, 0.25) is 0 Å². The predicted molar refractivity (Wildman–Crippen MR) is 93.6 cm³/mol. The Kier molecular flexibility index (Phi) is 14.7. The predicted octanol–water partition coefficient (Wildman–Crippen LogP) is 6.03. The number of allylic oxidation sites excluding steroid dienone is 18. The molecule has 0 atom stereocenters. The molecule has 0 nitrogen and oxygen atoms in total. The van der Waals surface area contributed by atoms with Gasteiger partial charge in [0, 0.05) is 0 Å². The van der Waals surface area contributed by atoms with Gasteiger partial charge in [0.1, 0.15) is 0 Å². The molecular weight excluding hydrogens is 240 g/mol. The summed E-state index contributed by atoms with van der Waals surface area (Å²) in [6.07, 6.45) is 36.0. The Bertz CT molecular complexity index is 414. The molecule has 0 aromatic carbocycles. The topological polar surface area (TPSA) is 0 Å².